The molecule has 0 N–H and O–H groups in total. The van der Waals surface area contributed by atoms with Crippen LogP contribution in [-0.4, -0.2) is 37.2 Å². The Kier molecular flexibility index (Phi) is 45.1. The zero-order valence-corrected chi connectivity index (χ0v) is 38.7. The van der Waals surface area contributed by atoms with Crippen LogP contribution in [0.3, 0.4) is 0 Å². The highest BCUT2D eigenvalue weighted by Crippen LogP contribution is 2.13. The first-order valence-electron chi connectivity index (χ1n) is 24.2. The molecule has 0 aromatic rings. The molecule has 6 nitrogen and oxygen atoms in total. The Morgan fingerprint density at radius 3 is 0.933 bits per heavy atom. The highest BCUT2D eigenvalue weighted by Gasteiger charge is 2.19. The van der Waals surface area contributed by atoms with E-state index in [-0.39, 0.29) is 31.1 Å². The predicted molar refractivity (Wildman–Crippen MR) is 256 cm³/mol. The maximum Gasteiger partial charge on any atom is 0.306 e. The number of esters is 3. The number of unbranched alkanes of at least 4 members (excludes halogenated alkanes) is 15. The average Bonchev–Trinajstić information content (AvgIpc) is 3.24. The molecule has 0 aliphatic carbocycles. The zero-order valence-electron chi connectivity index (χ0n) is 38.7. The summed E-state index contributed by atoms with van der Waals surface area (Å²) in [6.45, 7) is 6.24. The van der Waals surface area contributed by atoms with Crippen LogP contribution in [0, 0.1) is 0 Å². The Labute approximate surface area is 368 Å². The van der Waals surface area contributed by atoms with Crippen LogP contribution < -0.4 is 0 Å². The molecule has 0 rings (SSSR count). The first-order valence-corrected chi connectivity index (χ1v) is 24.2. The van der Waals surface area contributed by atoms with Gasteiger partial charge in [-0.05, 0) is 109 Å². The van der Waals surface area contributed by atoms with Crippen molar-refractivity contribution in [1.29, 1.82) is 0 Å². The van der Waals surface area contributed by atoms with E-state index < -0.39 is 6.10 Å². The normalized spacial score (nSPS) is 12.9. The minimum atomic E-state index is -0.802. The Hall–Kier alpha value is -3.67. The largest absolute Gasteiger partial charge is 0.462 e. The summed E-state index contributed by atoms with van der Waals surface area (Å²) < 4.78 is 16.7. The van der Waals surface area contributed by atoms with E-state index in [2.05, 4.69) is 118 Å². The second-order valence-electron chi connectivity index (χ2n) is 15.6. The molecular formula is C54H88O6. The van der Waals surface area contributed by atoms with E-state index in [1.54, 1.807) is 0 Å². The maximum absolute atomic E-state index is 12.8. The summed E-state index contributed by atoms with van der Waals surface area (Å²) in [5, 5.41) is 0. The topological polar surface area (TPSA) is 78.9 Å². The van der Waals surface area contributed by atoms with Crippen molar-refractivity contribution < 1.29 is 28.6 Å². The Morgan fingerprint density at radius 2 is 0.600 bits per heavy atom. The van der Waals surface area contributed by atoms with Gasteiger partial charge in [-0.3, -0.25) is 14.4 Å². The van der Waals surface area contributed by atoms with Gasteiger partial charge in [-0.2, -0.15) is 0 Å². The number of hydrogen-bond acceptors (Lipinski definition) is 6. The van der Waals surface area contributed by atoms with Gasteiger partial charge in [0.25, 0.3) is 0 Å². The third kappa shape index (κ3) is 45.4. The number of hydrogen-bond donors (Lipinski definition) is 0. The van der Waals surface area contributed by atoms with E-state index in [1.807, 2.05) is 0 Å². The smallest absolute Gasteiger partial charge is 0.306 e. The summed E-state index contributed by atoms with van der Waals surface area (Å²) in [7, 11) is 0. The van der Waals surface area contributed by atoms with Gasteiger partial charge in [-0.25, -0.2) is 0 Å². The fourth-order valence-corrected chi connectivity index (χ4v) is 6.27. The molecule has 0 bridgehead atoms. The van der Waals surface area contributed by atoms with Crippen molar-refractivity contribution in [3.63, 3.8) is 0 Å². The van der Waals surface area contributed by atoms with E-state index in [0.29, 0.717) is 19.3 Å². The fourth-order valence-electron chi connectivity index (χ4n) is 6.27. The third-order valence-electron chi connectivity index (χ3n) is 9.81. The summed E-state index contributed by atoms with van der Waals surface area (Å²) in [4.78, 5) is 37.9. The van der Waals surface area contributed by atoms with Crippen molar-refractivity contribution in [2.75, 3.05) is 13.2 Å². The highest BCUT2D eigenvalue weighted by atomic mass is 16.6. The SMILES string of the molecule is CC/C=C\C/C=C\C/C=C\CCCCCCC(=O)OCC(COC(=O)CCCCCCCCC/C=C\C/C=C\CC)OC(=O)CCCCCC/C=C\C/C=C\C/C=C\CC. The second-order valence-corrected chi connectivity index (χ2v) is 15.6. The third-order valence-corrected chi connectivity index (χ3v) is 9.81. The van der Waals surface area contributed by atoms with Crippen LogP contribution in [0.2, 0.25) is 0 Å². The number of ether oxygens (including phenoxy) is 3. The second kappa shape index (κ2) is 48.0. The first kappa shape index (κ1) is 56.3. The molecule has 6 heteroatoms. The van der Waals surface area contributed by atoms with Crippen LogP contribution in [-0.2, 0) is 28.6 Å². The number of rotatable bonds is 42. The van der Waals surface area contributed by atoms with Crippen LogP contribution in [0.5, 0.6) is 0 Å². The minimum Gasteiger partial charge on any atom is -0.462 e. The van der Waals surface area contributed by atoms with E-state index >= 15 is 0 Å². The van der Waals surface area contributed by atoms with Crippen molar-refractivity contribution in [1.82, 2.24) is 0 Å². The van der Waals surface area contributed by atoms with E-state index in [9.17, 15) is 14.4 Å². The molecule has 0 radical (unpaired) electrons. The first-order chi connectivity index (χ1) is 29.5. The van der Waals surface area contributed by atoms with Crippen molar-refractivity contribution >= 4 is 17.9 Å². The van der Waals surface area contributed by atoms with Gasteiger partial charge in [0.15, 0.2) is 6.10 Å². The number of carbonyl (C=O) groups excluding carboxylic acids is 3. The van der Waals surface area contributed by atoms with E-state index in [0.717, 1.165) is 141 Å². The molecule has 0 aromatic carbocycles. The molecule has 0 saturated heterocycles. The number of allylic oxidation sites excluding steroid dienone is 16. The molecule has 0 aliphatic heterocycles. The highest BCUT2D eigenvalue weighted by molar-refractivity contribution is 5.71. The predicted octanol–water partition coefficient (Wildman–Crippen LogP) is 15.8. The fraction of sp³-hybridized carbons (Fsp3) is 0.648. The molecule has 0 amide bonds. The van der Waals surface area contributed by atoms with Gasteiger partial charge in [-0.15, -0.1) is 0 Å². The van der Waals surface area contributed by atoms with Gasteiger partial charge in [0.1, 0.15) is 13.2 Å². The molecule has 60 heavy (non-hydrogen) atoms. The van der Waals surface area contributed by atoms with E-state index in [1.165, 1.54) is 25.7 Å². The van der Waals surface area contributed by atoms with Crippen LogP contribution in [0.25, 0.3) is 0 Å². The Balaban J connectivity index is 4.48. The summed E-state index contributed by atoms with van der Waals surface area (Å²) in [6.07, 6.45) is 62.4. The van der Waals surface area contributed by atoms with Crippen LogP contribution in [0.4, 0.5) is 0 Å². The van der Waals surface area contributed by atoms with Gasteiger partial charge < -0.3 is 14.2 Å². The Morgan fingerprint density at radius 1 is 0.333 bits per heavy atom. The summed E-state index contributed by atoms with van der Waals surface area (Å²) in [5.74, 6) is -0.960. The molecule has 1 unspecified atom stereocenters. The van der Waals surface area contributed by atoms with Crippen molar-refractivity contribution in [3.05, 3.63) is 97.2 Å². The number of carbonyl (C=O) groups is 3. The standard InChI is InChI=1S/C54H88O6/c1-4-7-10-13-16-19-22-25-28-31-34-37-40-43-46-52(55)58-49-51(60-54(57)48-45-42-39-36-33-30-27-24-21-18-15-12-9-6-3)50-59-53(56)47-44-41-38-35-32-29-26-23-20-17-14-11-8-5-2/h7-12,16-21,25,27-28,30,51H,4-6,13-15,22-24,26,29,31-50H2,1-3H3/b10-7-,11-8-,12-9-,19-16-,20-17-,21-18-,28-25-,30-27-. The Bertz CT molecular complexity index is 1230. The lowest BCUT2D eigenvalue weighted by Gasteiger charge is -2.18. The summed E-state index contributed by atoms with van der Waals surface area (Å²) in [5.41, 5.74) is 0. The maximum atomic E-state index is 12.8. The summed E-state index contributed by atoms with van der Waals surface area (Å²) in [6, 6.07) is 0. The van der Waals surface area contributed by atoms with Crippen LogP contribution in [0.1, 0.15) is 207 Å². The molecule has 0 aromatic heterocycles. The lowest BCUT2D eigenvalue weighted by molar-refractivity contribution is -0.167. The van der Waals surface area contributed by atoms with Crippen molar-refractivity contribution in [2.45, 2.75) is 213 Å². The van der Waals surface area contributed by atoms with Gasteiger partial charge >= 0.3 is 17.9 Å². The van der Waals surface area contributed by atoms with Crippen LogP contribution in [0.15, 0.2) is 97.2 Å². The van der Waals surface area contributed by atoms with E-state index in [4.69, 9.17) is 14.2 Å². The van der Waals surface area contributed by atoms with Crippen LogP contribution >= 0.6 is 0 Å². The quantitative estimate of drug-likeness (QED) is 0.0264. The summed E-state index contributed by atoms with van der Waals surface area (Å²) >= 11 is 0. The molecule has 1 atom stereocenters. The molecule has 340 valence electrons. The molecule has 0 aliphatic rings. The van der Waals surface area contributed by atoms with Gasteiger partial charge in [0, 0.05) is 19.3 Å². The monoisotopic (exact) mass is 833 g/mol. The minimum absolute atomic E-state index is 0.0998. The lowest BCUT2D eigenvalue weighted by atomic mass is 10.1. The van der Waals surface area contributed by atoms with Gasteiger partial charge in [-0.1, -0.05) is 176 Å². The van der Waals surface area contributed by atoms with Gasteiger partial charge in [0.2, 0.25) is 0 Å². The average molecular weight is 833 g/mol. The van der Waals surface area contributed by atoms with Crippen molar-refractivity contribution in [3.8, 4) is 0 Å². The molecule has 0 spiro atoms. The molecular weight excluding hydrogens is 745 g/mol. The lowest BCUT2D eigenvalue weighted by Crippen LogP contribution is -2.30. The zero-order chi connectivity index (χ0) is 43.7. The van der Waals surface area contributed by atoms with Gasteiger partial charge in [0.05, 0.1) is 0 Å². The molecule has 0 saturated carbocycles. The van der Waals surface area contributed by atoms with Crippen molar-refractivity contribution in [2.24, 2.45) is 0 Å². The molecule has 0 fully saturated rings. The molecule has 0 heterocycles.